The first-order valence-electron chi connectivity index (χ1n) is 6.23. The number of benzene rings is 2. The summed E-state index contributed by atoms with van der Waals surface area (Å²) in [6.45, 7) is 0. The third kappa shape index (κ3) is 3.03. The van der Waals surface area contributed by atoms with E-state index in [1.54, 1.807) is 0 Å². The molecule has 2 aromatic rings. The number of nitrogens with zero attached hydrogens (tertiary/aromatic N) is 1. The average Bonchev–Trinajstić information content (AvgIpc) is 2.52. The lowest BCUT2D eigenvalue weighted by Crippen LogP contribution is -2.11. The van der Waals surface area contributed by atoms with E-state index in [1.165, 1.54) is 18.2 Å². The zero-order chi connectivity index (χ0) is 17.1. The molecule has 0 atom stereocenters. The molecule has 0 bridgehead atoms. The predicted molar refractivity (Wildman–Crippen MR) is 78.5 cm³/mol. The molecule has 0 aliphatic heterocycles. The van der Waals surface area contributed by atoms with Crippen LogP contribution >= 0.6 is 0 Å². The quantitative estimate of drug-likeness (QED) is 0.387. The Morgan fingerprint density at radius 1 is 1.35 bits per heavy atom. The molecule has 0 saturated heterocycles. The lowest BCUT2D eigenvalue weighted by atomic mass is 10.1. The maximum Gasteiger partial charge on any atom is 0.340 e. The van der Waals surface area contributed by atoms with Gasteiger partial charge in [-0.25, -0.2) is 13.6 Å². The number of ether oxygens (including phenoxy) is 1. The van der Waals surface area contributed by atoms with Crippen LogP contribution in [0.2, 0.25) is 0 Å². The number of nitrogen functional groups attached to an aromatic ring is 1. The van der Waals surface area contributed by atoms with Gasteiger partial charge in [-0.2, -0.15) is 0 Å². The van der Waals surface area contributed by atoms with Crippen molar-refractivity contribution in [1.82, 2.24) is 0 Å². The number of halogens is 2. The SMILES string of the molecule is COC(=O)c1cc([N+](=O)[O-])c(N)c(F)c1Nc1ccccc1F. The lowest BCUT2D eigenvalue weighted by Gasteiger charge is -2.14. The second-order valence-electron chi connectivity index (χ2n) is 4.40. The van der Waals surface area contributed by atoms with Crippen molar-refractivity contribution in [2.45, 2.75) is 0 Å². The van der Waals surface area contributed by atoms with Gasteiger partial charge in [0, 0.05) is 6.07 Å². The van der Waals surface area contributed by atoms with Crippen LogP contribution in [-0.4, -0.2) is 18.0 Å². The van der Waals surface area contributed by atoms with Gasteiger partial charge < -0.3 is 15.8 Å². The van der Waals surface area contributed by atoms with E-state index in [9.17, 15) is 23.7 Å². The molecular formula is C14H11F2N3O4. The summed E-state index contributed by atoms with van der Waals surface area (Å²) in [4.78, 5) is 21.7. The zero-order valence-corrected chi connectivity index (χ0v) is 11.8. The fraction of sp³-hybridized carbons (Fsp3) is 0.0714. The highest BCUT2D eigenvalue weighted by Crippen LogP contribution is 2.35. The highest BCUT2D eigenvalue weighted by molar-refractivity contribution is 5.99. The van der Waals surface area contributed by atoms with E-state index in [2.05, 4.69) is 10.1 Å². The van der Waals surface area contributed by atoms with E-state index in [1.807, 2.05) is 0 Å². The maximum absolute atomic E-state index is 14.4. The summed E-state index contributed by atoms with van der Waals surface area (Å²) >= 11 is 0. The molecule has 0 saturated carbocycles. The van der Waals surface area contributed by atoms with Gasteiger partial charge in [0.1, 0.15) is 11.5 Å². The fourth-order valence-corrected chi connectivity index (χ4v) is 1.89. The van der Waals surface area contributed by atoms with E-state index in [-0.39, 0.29) is 5.69 Å². The van der Waals surface area contributed by atoms with Gasteiger partial charge in [-0.15, -0.1) is 0 Å². The first-order valence-corrected chi connectivity index (χ1v) is 6.23. The summed E-state index contributed by atoms with van der Waals surface area (Å²) in [6, 6.07) is 6.09. The number of para-hydroxylation sites is 1. The Bertz CT molecular complexity index is 796. The van der Waals surface area contributed by atoms with Crippen LogP contribution in [0.3, 0.4) is 0 Å². The molecule has 0 aromatic heterocycles. The summed E-state index contributed by atoms with van der Waals surface area (Å²) in [5, 5.41) is 13.3. The van der Waals surface area contributed by atoms with Gasteiger partial charge in [0.05, 0.1) is 29.0 Å². The van der Waals surface area contributed by atoms with E-state index < -0.39 is 45.2 Å². The summed E-state index contributed by atoms with van der Waals surface area (Å²) < 4.78 is 32.5. The second kappa shape index (κ2) is 6.26. The van der Waals surface area contributed by atoms with Crippen LogP contribution < -0.4 is 11.1 Å². The minimum Gasteiger partial charge on any atom is -0.465 e. The highest BCUT2D eigenvalue weighted by Gasteiger charge is 2.27. The second-order valence-corrected chi connectivity index (χ2v) is 4.40. The minimum atomic E-state index is -1.25. The van der Waals surface area contributed by atoms with Crippen molar-refractivity contribution in [3.63, 3.8) is 0 Å². The van der Waals surface area contributed by atoms with Gasteiger partial charge in [-0.1, -0.05) is 12.1 Å². The molecule has 2 rings (SSSR count). The van der Waals surface area contributed by atoms with Crippen molar-refractivity contribution in [1.29, 1.82) is 0 Å². The van der Waals surface area contributed by atoms with Gasteiger partial charge in [0.15, 0.2) is 5.82 Å². The smallest absolute Gasteiger partial charge is 0.340 e. The van der Waals surface area contributed by atoms with Crippen molar-refractivity contribution >= 4 is 28.7 Å². The van der Waals surface area contributed by atoms with Gasteiger partial charge in [-0.3, -0.25) is 10.1 Å². The Labute approximate surface area is 128 Å². The average molecular weight is 323 g/mol. The van der Waals surface area contributed by atoms with Crippen LogP contribution in [0.5, 0.6) is 0 Å². The van der Waals surface area contributed by atoms with Crippen LogP contribution in [0.25, 0.3) is 0 Å². The van der Waals surface area contributed by atoms with Crippen LogP contribution in [0, 0.1) is 21.7 Å². The van der Waals surface area contributed by atoms with E-state index in [0.717, 1.165) is 19.2 Å². The molecule has 120 valence electrons. The van der Waals surface area contributed by atoms with Crippen molar-refractivity contribution in [2.24, 2.45) is 0 Å². The number of nitrogens with two attached hydrogens (primary N) is 1. The summed E-state index contributed by atoms with van der Waals surface area (Å²) in [7, 11) is 1.02. The first kappa shape index (κ1) is 16.1. The third-order valence-electron chi connectivity index (χ3n) is 3.02. The monoisotopic (exact) mass is 323 g/mol. The van der Waals surface area contributed by atoms with Gasteiger partial charge in [-0.05, 0) is 12.1 Å². The fourth-order valence-electron chi connectivity index (χ4n) is 1.89. The Balaban J connectivity index is 2.66. The highest BCUT2D eigenvalue weighted by atomic mass is 19.1. The number of methoxy groups -OCH3 is 1. The molecule has 9 heteroatoms. The topological polar surface area (TPSA) is 107 Å². The van der Waals surface area contributed by atoms with Crippen molar-refractivity contribution < 1.29 is 23.2 Å². The molecule has 0 heterocycles. The number of carbonyl (C=O) groups is 1. The number of carbonyl (C=O) groups excluding carboxylic acids is 1. The molecule has 23 heavy (non-hydrogen) atoms. The van der Waals surface area contributed by atoms with Crippen LogP contribution in [-0.2, 0) is 4.74 Å². The summed E-state index contributed by atoms with van der Waals surface area (Å²) in [5.41, 5.74) is 2.70. The third-order valence-corrected chi connectivity index (χ3v) is 3.02. The van der Waals surface area contributed by atoms with Crippen LogP contribution in [0.1, 0.15) is 10.4 Å². The Morgan fingerprint density at radius 2 is 2.00 bits per heavy atom. The largest absolute Gasteiger partial charge is 0.465 e. The molecule has 0 amide bonds. The van der Waals surface area contributed by atoms with Crippen molar-refractivity contribution in [2.75, 3.05) is 18.2 Å². The summed E-state index contributed by atoms with van der Waals surface area (Å²) in [5.74, 6) is -2.99. The molecule has 0 aliphatic rings. The number of hydrogen-bond acceptors (Lipinski definition) is 6. The molecule has 0 unspecified atom stereocenters. The molecule has 2 aromatic carbocycles. The number of esters is 1. The first-order chi connectivity index (χ1) is 10.9. The number of anilines is 3. The Morgan fingerprint density at radius 3 is 2.57 bits per heavy atom. The van der Waals surface area contributed by atoms with Gasteiger partial charge in [0.25, 0.3) is 5.69 Å². The standard InChI is InChI=1S/C14H11F2N3O4/c1-23-14(20)7-6-10(19(21)22)12(17)11(16)13(7)18-9-5-3-2-4-8(9)15/h2-6,18H,17H2,1H3. The molecule has 0 aliphatic carbocycles. The number of nitro benzene ring substituents is 1. The molecular weight excluding hydrogens is 312 g/mol. The molecule has 3 N–H and O–H groups in total. The predicted octanol–water partition coefficient (Wildman–Crippen LogP) is 2.99. The number of nitrogens with one attached hydrogen (secondary N) is 1. The summed E-state index contributed by atoms with van der Waals surface area (Å²) in [6.07, 6.45) is 0. The van der Waals surface area contributed by atoms with Crippen molar-refractivity contribution in [3.8, 4) is 0 Å². The van der Waals surface area contributed by atoms with Crippen LogP contribution in [0.4, 0.5) is 31.5 Å². The van der Waals surface area contributed by atoms with Gasteiger partial charge in [0.2, 0.25) is 0 Å². The number of hydrogen-bond donors (Lipinski definition) is 2. The number of rotatable bonds is 4. The normalized spacial score (nSPS) is 10.2. The molecule has 0 radical (unpaired) electrons. The zero-order valence-electron chi connectivity index (χ0n) is 11.8. The van der Waals surface area contributed by atoms with E-state index in [0.29, 0.717) is 0 Å². The minimum absolute atomic E-state index is 0.134. The molecule has 0 spiro atoms. The van der Waals surface area contributed by atoms with Crippen molar-refractivity contribution in [3.05, 3.63) is 57.6 Å². The number of nitro groups is 1. The van der Waals surface area contributed by atoms with E-state index >= 15 is 0 Å². The Hall–Kier alpha value is -3.23. The molecule has 0 fully saturated rings. The Kier molecular flexibility index (Phi) is 4.39. The van der Waals surface area contributed by atoms with Crippen LogP contribution in [0.15, 0.2) is 30.3 Å². The lowest BCUT2D eigenvalue weighted by molar-refractivity contribution is -0.384. The van der Waals surface area contributed by atoms with Gasteiger partial charge >= 0.3 is 5.97 Å². The maximum atomic E-state index is 14.4. The van der Waals surface area contributed by atoms with E-state index in [4.69, 9.17) is 5.73 Å². The molecule has 7 nitrogen and oxygen atoms in total.